The first-order valence-electron chi connectivity index (χ1n) is 9.97. The quantitative estimate of drug-likeness (QED) is 0.583. The third-order valence-corrected chi connectivity index (χ3v) is 6.78. The number of hydrogen-bond donors (Lipinski definition) is 1. The molecule has 3 saturated carbocycles. The Hall–Kier alpha value is -0.860. The Kier molecular flexibility index (Phi) is 5.76. The van der Waals surface area contributed by atoms with Crippen molar-refractivity contribution in [3.8, 4) is 0 Å². The van der Waals surface area contributed by atoms with Crippen LogP contribution in [0.25, 0.3) is 0 Å². The number of amides is 1. The van der Waals surface area contributed by atoms with Gasteiger partial charge in [-0.2, -0.15) is 5.10 Å². The Bertz CT molecular complexity index is 445. The fourth-order valence-corrected chi connectivity index (χ4v) is 5.25. The Labute approximate surface area is 141 Å². The largest absolute Gasteiger partial charge is 0.273 e. The highest BCUT2D eigenvalue weighted by atomic mass is 16.2. The first-order chi connectivity index (χ1) is 11.1. The summed E-state index contributed by atoms with van der Waals surface area (Å²) in [5.41, 5.74) is 4.05. The maximum atomic E-state index is 12.3. The first kappa shape index (κ1) is 17.0. The number of fused-ring (bicyclic) bond motifs is 1. The summed E-state index contributed by atoms with van der Waals surface area (Å²) >= 11 is 0. The second kappa shape index (κ2) is 7.81. The topological polar surface area (TPSA) is 41.5 Å². The van der Waals surface area contributed by atoms with Crippen molar-refractivity contribution in [2.45, 2.75) is 84.5 Å². The molecule has 0 spiro atoms. The molecular weight excluding hydrogens is 284 g/mol. The molecule has 5 atom stereocenters. The van der Waals surface area contributed by atoms with E-state index in [4.69, 9.17) is 0 Å². The molecule has 3 heteroatoms. The highest BCUT2D eigenvalue weighted by molar-refractivity contribution is 5.86. The Morgan fingerprint density at radius 3 is 2.43 bits per heavy atom. The van der Waals surface area contributed by atoms with Crippen molar-refractivity contribution in [1.82, 2.24) is 5.43 Å². The smallest absolute Gasteiger partial charge is 0.243 e. The maximum absolute atomic E-state index is 12.3. The monoisotopic (exact) mass is 318 g/mol. The molecule has 3 aliphatic rings. The summed E-state index contributed by atoms with van der Waals surface area (Å²) in [6, 6.07) is 0. The lowest BCUT2D eigenvalue weighted by molar-refractivity contribution is -0.126. The summed E-state index contributed by atoms with van der Waals surface area (Å²) in [5.74, 6) is 3.52. The van der Waals surface area contributed by atoms with Crippen LogP contribution in [0.3, 0.4) is 0 Å². The first-order valence-corrected chi connectivity index (χ1v) is 9.97. The Morgan fingerprint density at radius 2 is 1.65 bits per heavy atom. The maximum Gasteiger partial charge on any atom is 0.243 e. The Morgan fingerprint density at radius 1 is 0.870 bits per heavy atom. The van der Waals surface area contributed by atoms with Gasteiger partial charge in [0.15, 0.2) is 0 Å². The van der Waals surface area contributed by atoms with Crippen LogP contribution in [-0.4, -0.2) is 11.6 Å². The van der Waals surface area contributed by atoms with Crippen LogP contribution in [0.15, 0.2) is 5.10 Å². The van der Waals surface area contributed by atoms with E-state index in [0.29, 0.717) is 11.8 Å². The average Bonchev–Trinajstić information content (AvgIpc) is 2.59. The van der Waals surface area contributed by atoms with Gasteiger partial charge in [-0.25, -0.2) is 5.43 Å². The zero-order valence-corrected chi connectivity index (χ0v) is 15.0. The lowest BCUT2D eigenvalue weighted by Gasteiger charge is -2.39. The van der Waals surface area contributed by atoms with E-state index in [2.05, 4.69) is 24.4 Å². The number of nitrogens with one attached hydrogen (secondary N) is 1. The van der Waals surface area contributed by atoms with Crippen molar-refractivity contribution in [2.24, 2.45) is 34.7 Å². The summed E-state index contributed by atoms with van der Waals surface area (Å²) in [6.45, 7) is 4.38. The van der Waals surface area contributed by atoms with Crippen LogP contribution in [0, 0.1) is 29.6 Å². The predicted octanol–water partition coefficient (Wildman–Crippen LogP) is 4.91. The highest BCUT2D eigenvalue weighted by Crippen LogP contribution is 2.43. The number of carbonyl (C=O) groups excluding carboxylic acids is 1. The summed E-state index contributed by atoms with van der Waals surface area (Å²) < 4.78 is 0. The molecule has 3 nitrogen and oxygen atoms in total. The molecule has 0 aromatic carbocycles. The van der Waals surface area contributed by atoms with E-state index >= 15 is 0 Å². The second-order valence-electron chi connectivity index (χ2n) is 8.51. The van der Waals surface area contributed by atoms with Crippen LogP contribution < -0.4 is 5.43 Å². The van der Waals surface area contributed by atoms with Gasteiger partial charge in [-0.1, -0.05) is 45.4 Å². The molecule has 23 heavy (non-hydrogen) atoms. The fraction of sp³-hybridized carbons (Fsp3) is 0.900. The van der Waals surface area contributed by atoms with E-state index in [-0.39, 0.29) is 11.8 Å². The zero-order chi connectivity index (χ0) is 16.2. The van der Waals surface area contributed by atoms with Crippen LogP contribution in [0.4, 0.5) is 0 Å². The van der Waals surface area contributed by atoms with Crippen molar-refractivity contribution in [2.75, 3.05) is 0 Å². The molecule has 0 heterocycles. The SMILES string of the molecule is C/C(=N/NC(=O)C1CCCC(C)C1)C1CCC2CCCCC2C1. The summed E-state index contributed by atoms with van der Waals surface area (Å²) in [4.78, 5) is 12.3. The minimum atomic E-state index is 0.155. The van der Waals surface area contributed by atoms with E-state index in [0.717, 1.165) is 30.4 Å². The van der Waals surface area contributed by atoms with Gasteiger partial charge in [0.1, 0.15) is 0 Å². The molecule has 3 fully saturated rings. The third kappa shape index (κ3) is 4.36. The lowest BCUT2D eigenvalue weighted by Crippen LogP contribution is -2.33. The molecule has 0 saturated heterocycles. The van der Waals surface area contributed by atoms with Gasteiger partial charge in [-0.3, -0.25) is 4.79 Å². The van der Waals surface area contributed by atoms with E-state index in [1.165, 1.54) is 57.8 Å². The molecule has 0 aromatic heterocycles. The fourth-order valence-electron chi connectivity index (χ4n) is 5.25. The number of nitrogens with zero attached hydrogens (tertiary/aromatic N) is 1. The molecule has 3 rings (SSSR count). The van der Waals surface area contributed by atoms with Crippen LogP contribution in [0.1, 0.15) is 84.5 Å². The zero-order valence-electron chi connectivity index (χ0n) is 15.0. The van der Waals surface area contributed by atoms with Crippen LogP contribution in [0.5, 0.6) is 0 Å². The third-order valence-electron chi connectivity index (χ3n) is 6.78. The normalized spacial score (nSPS) is 38.7. The highest BCUT2D eigenvalue weighted by Gasteiger charge is 2.33. The molecule has 130 valence electrons. The van der Waals surface area contributed by atoms with Gasteiger partial charge in [0.2, 0.25) is 5.91 Å². The average molecular weight is 319 g/mol. The molecule has 5 unspecified atom stereocenters. The summed E-state index contributed by atoms with van der Waals surface area (Å²) in [6.07, 6.45) is 14.2. The summed E-state index contributed by atoms with van der Waals surface area (Å²) in [7, 11) is 0. The number of rotatable bonds is 3. The minimum Gasteiger partial charge on any atom is -0.273 e. The second-order valence-corrected chi connectivity index (χ2v) is 8.51. The van der Waals surface area contributed by atoms with Gasteiger partial charge in [-0.05, 0) is 62.7 Å². The Balaban J connectivity index is 1.50. The summed E-state index contributed by atoms with van der Waals surface area (Å²) in [5, 5.41) is 4.50. The van der Waals surface area contributed by atoms with E-state index in [1.807, 2.05) is 0 Å². The van der Waals surface area contributed by atoms with Gasteiger partial charge in [-0.15, -0.1) is 0 Å². The number of hydrogen-bond acceptors (Lipinski definition) is 2. The van der Waals surface area contributed by atoms with Crippen molar-refractivity contribution in [3.63, 3.8) is 0 Å². The molecular formula is C20H34N2O. The molecule has 1 amide bonds. The standard InChI is InChI=1S/C20H34N2O/c1-14-6-5-9-19(12-14)20(23)22-21-15(2)17-11-10-16-7-3-4-8-18(16)13-17/h14,16-19H,3-13H2,1-2H3,(H,22,23)/b21-15-. The van der Waals surface area contributed by atoms with E-state index < -0.39 is 0 Å². The molecule has 1 N–H and O–H groups in total. The van der Waals surface area contributed by atoms with Crippen molar-refractivity contribution < 1.29 is 4.79 Å². The van der Waals surface area contributed by atoms with E-state index in [9.17, 15) is 4.79 Å². The van der Waals surface area contributed by atoms with Crippen molar-refractivity contribution in [1.29, 1.82) is 0 Å². The van der Waals surface area contributed by atoms with Gasteiger partial charge in [0.05, 0.1) is 0 Å². The van der Waals surface area contributed by atoms with Crippen LogP contribution in [-0.2, 0) is 4.79 Å². The molecule has 3 aliphatic carbocycles. The van der Waals surface area contributed by atoms with Gasteiger partial charge >= 0.3 is 0 Å². The molecule has 0 radical (unpaired) electrons. The molecule has 0 bridgehead atoms. The number of carbonyl (C=O) groups is 1. The van der Waals surface area contributed by atoms with Crippen molar-refractivity contribution >= 4 is 11.6 Å². The van der Waals surface area contributed by atoms with Gasteiger partial charge < -0.3 is 0 Å². The molecule has 0 aromatic rings. The minimum absolute atomic E-state index is 0.155. The van der Waals surface area contributed by atoms with E-state index in [1.54, 1.807) is 0 Å². The predicted molar refractivity (Wildman–Crippen MR) is 95.2 cm³/mol. The lowest BCUT2D eigenvalue weighted by atomic mass is 9.67. The van der Waals surface area contributed by atoms with Crippen LogP contribution in [0.2, 0.25) is 0 Å². The van der Waals surface area contributed by atoms with Gasteiger partial charge in [0, 0.05) is 11.6 Å². The van der Waals surface area contributed by atoms with Crippen molar-refractivity contribution in [3.05, 3.63) is 0 Å². The number of hydrazone groups is 1. The van der Waals surface area contributed by atoms with Gasteiger partial charge in [0.25, 0.3) is 0 Å². The van der Waals surface area contributed by atoms with Crippen LogP contribution >= 0.6 is 0 Å². The molecule has 0 aliphatic heterocycles.